The number of rotatable bonds is 5. The van der Waals surface area contributed by atoms with Gasteiger partial charge in [0.25, 0.3) is 0 Å². The van der Waals surface area contributed by atoms with E-state index in [1.165, 1.54) is 12.5 Å². The van der Waals surface area contributed by atoms with Crippen LogP contribution in [0.2, 0.25) is 0 Å². The molecular weight excluding hydrogens is 264 g/mol. The molecule has 0 aliphatic carbocycles. The highest BCUT2D eigenvalue weighted by molar-refractivity contribution is 5.88. The summed E-state index contributed by atoms with van der Waals surface area (Å²) in [7, 11) is 0. The van der Waals surface area contributed by atoms with E-state index in [9.17, 15) is 4.79 Å². The molecule has 2 rings (SSSR count). The number of benzene rings is 1. The molecule has 5 heteroatoms. The topological polar surface area (TPSA) is 77.8 Å². The van der Waals surface area contributed by atoms with Crippen LogP contribution in [0, 0.1) is 11.3 Å². The van der Waals surface area contributed by atoms with Crippen LogP contribution in [0.3, 0.4) is 0 Å². The molecule has 0 spiro atoms. The van der Waals surface area contributed by atoms with Crippen molar-refractivity contribution in [2.24, 2.45) is 0 Å². The van der Waals surface area contributed by atoms with Crippen LogP contribution < -0.4 is 10.6 Å². The van der Waals surface area contributed by atoms with Crippen LogP contribution in [0.25, 0.3) is 0 Å². The number of nitrogens with zero attached hydrogens (tertiary/aromatic N) is 2. The number of nitrogens with one attached hydrogen (secondary N) is 2. The Hall–Kier alpha value is -2.87. The van der Waals surface area contributed by atoms with Gasteiger partial charge in [-0.05, 0) is 36.2 Å². The second-order valence-electron chi connectivity index (χ2n) is 4.60. The predicted molar refractivity (Wildman–Crippen MR) is 81.9 cm³/mol. The van der Waals surface area contributed by atoms with Crippen molar-refractivity contribution >= 4 is 17.4 Å². The van der Waals surface area contributed by atoms with E-state index >= 15 is 0 Å². The molecule has 1 amide bonds. The maximum absolute atomic E-state index is 10.9. The number of aromatic nitrogens is 1. The number of amides is 1. The van der Waals surface area contributed by atoms with Crippen molar-refractivity contribution < 1.29 is 4.79 Å². The Labute approximate surface area is 123 Å². The molecule has 5 nitrogen and oxygen atoms in total. The van der Waals surface area contributed by atoms with Crippen LogP contribution in [0.1, 0.15) is 18.1 Å². The van der Waals surface area contributed by atoms with Crippen LogP contribution in [-0.4, -0.2) is 17.4 Å². The zero-order valence-electron chi connectivity index (χ0n) is 11.8. The molecular formula is C16H16N4O. The van der Waals surface area contributed by atoms with Gasteiger partial charge in [-0.1, -0.05) is 12.1 Å². The minimum absolute atomic E-state index is 0.0729. The summed E-state index contributed by atoms with van der Waals surface area (Å²) in [6, 6.07) is 13.3. The quantitative estimate of drug-likeness (QED) is 0.882. The number of pyridine rings is 1. The Kier molecular flexibility index (Phi) is 4.89. The van der Waals surface area contributed by atoms with Crippen molar-refractivity contribution in [2.45, 2.75) is 13.3 Å². The number of carbonyl (C=O) groups is 1. The number of hydrogen-bond donors (Lipinski definition) is 2. The Bertz CT molecular complexity index is 641. The zero-order chi connectivity index (χ0) is 15.1. The summed E-state index contributed by atoms with van der Waals surface area (Å²) in [6.07, 6.45) is 2.40. The lowest BCUT2D eigenvalue weighted by Crippen LogP contribution is -2.07. The van der Waals surface area contributed by atoms with Crippen LogP contribution in [0.5, 0.6) is 0 Å². The molecule has 1 aromatic carbocycles. The molecule has 0 atom stereocenters. The van der Waals surface area contributed by atoms with Crippen molar-refractivity contribution in [1.29, 1.82) is 5.26 Å². The summed E-state index contributed by atoms with van der Waals surface area (Å²) in [4.78, 5) is 15.1. The molecule has 1 aromatic heterocycles. The summed E-state index contributed by atoms with van der Waals surface area (Å²) in [5.74, 6) is 0.681. The van der Waals surface area contributed by atoms with Crippen molar-refractivity contribution in [3.05, 3.63) is 53.7 Å². The first kappa shape index (κ1) is 14.5. The van der Waals surface area contributed by atoms with E-state index in [1.807, 2.05) is 30.3 Å². The van der Waals surface area contributed by atoms with Gasteiger partial charge in [-0.25, -0.2) is 4.98 Å². The van der Waals surface area contributed by atoms with Crippen LogP contribution in [0.4, 0.5) is 11.5 Å². The molecule has 2 aromatic rings. The third-order valence-electron chi connectivity index (χ3n) is 2.89. The smallest absolute Gasteiger partial charge is 0.221 e. The third-order valence-corrected chi connectivity index (χ3v) is 2.89. The Balaban J connectivity index is 1.82. The molecule has 106 valence electrons. The monoisotopic (exact) mass is 280 g/mol. The van der Waals surface area contributed by atoms with Crippen LogP contribution in [-0.2, 0) is 11.2 Å². The van der Waals surface area contributed by atoms with Gasteiger partial charge in [-0.3, -0.25) is 4.79 Å². The van der Waals surface area contributed by atoms with E-state index in [0.29, 0.717) is 5.56 Å². The summed E-state index contributed by atoms with van der Waals surface area (Å²) < 4.78 is 0. The lowest BCUT2D eigenvalue weighted by molar-refractivity contribution is -0.114. The molecule has 0 bridgehead atoms. The third kappa shape index (κ3) is 4.62. The number of carbonyl (C=O) groups excluding carboxylic acids is 1. The lowest BCUT2D eigenvalue weighted by Gasteiger charge is -2.07. The molecule has 2 N–H and O–H groups in total. The van der Waals surface area contributed by atoms with Crippen molar-refractivity contribution in [2.75, 3.05) is 17.2 Å². The Morgan fingerprint density at radius 3 is 2.57 bits per heavy atom. The molecule has 0 saturated carbocycles. The van der Waals surface area contributed by atoms with E-state index in [1.54, 1.807) is 18.3 Å². The van der Waals surface area contributed by atoms with E-state index in [2.05, 4.69) is 15.6 Å². The number of hydrogen-bond acceptors (Lipinski definition) is 4. The molecule has 0 saturated heterocycles. The normalized spacial score (nSPS) is 9.71. The van der Waals surface area contributed by atoms with Gasteiger partial charge in [0.15, 0.2) is 0 Å². The molecule has 0 aliphatic rings. The van der Waals surface area contributed by atoms with Gasteiger partial charge in [0.05, 0.1) is 5.56 Å². The molecule has 0 aliphatic heterocycles. The minimum atomic E-state index is -0.0729. The molecule has 0 fully saturated rings. The fraction of sp³-hybridized carbons (Fsp3) is 0.188. The maximum atomic E-state index is 10.9. The van der Waals surface area contributed by atoms with E-state index in [-0.39, 0.29) is 5.91 Å². The number of nitriles is 1. The average molecular weight is 280 g/mol. The van der Waals surface area contributed by atoms with E-state index in [0.717, 1.165) is 24.5 Å². The lowest BCUT2D eigenvalue weighted by atomic mass is 10.1. The standard InChI is InChI=1S/C16H16N4O/c1-12(21)20-15-5-2-13(3-6-15)8-9-18-16-7-4-14(10-17)11-19-16/h2-7,11H,8-9H2,1H3,(H,18,19)(H,20,21). The van der Waals surface area contributed by atoms with Gasteiger partial charge >= 0.3 is 0 Å². The average Bonchev–Trinajstić information content (AvgIpc) is 2.49. The predicted octanol–water partition coefficient (Wildman–Crippen LogP) is 2.57. The molecule has 0 radical (unpaired) electrons. The van der Waals surface area contributed by atoms with Crippen molar-refractivity contribution in [1.82, 2.24) is 4.98 Å². The summed E-state index contributed by atoms with van der Waals surface area (Å²) >= 11 is 0. The summed E-state index contributed by atoms with van der Waals surface area (Å²) in [6.45, 7) is 2.24. The highest BCUT2D eigenvalue weighted by Gasteiger charge is 1.98. The van der Waals surface area contributed by atoms with Gasteiger partial charge in [0, 0.05) is 25.4 Å². The first-order valence-electron chi connectivity index (χ1n) is 6.64. The zero-order valence-corrected chi connectivity index (χ0v) is 11.8. The highest BCUT2D eigenvalue weighted by Crippen LogP contribution is 2.10. The Morgan fingerprint density at radius 2 is 2.00 bits per heavy atom. The first-order valence-corrected chi connectivity index (χ1v) is 6.64. The summed E-state index contributed by atoms with van der Waals surface area (Å²) in [5.41, 5.74) is 2.52. The van der Waals surface area contributed by atoms with Gasteiger partial charge < -0.3 is 10.6 Å². The maximum Gasteiger partial charge on any atom is 0.221 e. The molecule has 0 unspecified atom stereocenters. The van der Waals surface area contributed by atoms with Crippen molar-refractivity contribution in [3.8, 4) is 6.07 Å². The van der Waals surface area contributed by atoms with Crippen LogP contribution in [0.15, 0.2) is 42.6 Å². The van der Waals surface area contributed by atoms with Gasteiger partial charge in [0.2, 0.25) is 5.91 Å². The van der Waals surface area contributed by atoms with Crippen molar-refractivity contribution in [3.63, 3.8) is 0 Å². The Morgan fingerprint density at radius 1 is 1.24 bits per heavy atom. The molecule has 1 heterocycles. The highest BCUT2D eigenvalue weighted by atomic mass is 16.1. The molecule has 21 heavy (non-hydrogen) atoms. The minimum Gasteiger partial charge on any atom is -0.370 e. The SMILES string of the molecule is CC(=O)Nc1ccc(CCNc2ccc(C#N)cn2)cc1. The fourth-order valence-electron chi connectivity index (χ4n) is 1.86. The first-order chi connectivity index (χ1) is 10.2. The van der Waals surface area contributed by atoms with E-state index < -0.39 is 0 Å². The second kappa shape index (κ2) is 7.06. The summed E-state index contributed by atoms with van der Waals surface area (Å²) in [5, 5.41) is 14.6. The van der Waals surface area contributed by atoms with Gasteiger partial charge in [-0.15, -0.1) is 0 Å². The largest absolute Gasteiger partial charge is 0.370 e. The van der Waals surface area contributed by atoms with E-state index in [4.69, 9.17) is 5.26 Å². The van der Waals surface area contributed by atoms with Crippen LogP contribution >= 0.6 is 0 Å². The second-order valence-corrected chi connectivity index (χ2v) is 4.60. The van der Waals surface area contributed by atoms with Gasteiger partial charge in [0.1, 0.15) is 11.9 Å². The fourth-order valence-corrected chi connectivity index (χ4v) is 1.86. The number of anilines is 2. The van der Waals surface area contributed by atoms with Gasteiger partial charge in [-0.2, -0.15) is 5.26 Å².